The molecule has 5 rings (SSSR count). The number of nitrogens with zero attached hydrogens (tertiary/aromatic N) is 1. The van der Waals surface area contributed by atoms with Crippen LogP contribution in [0, 0.1) is 0 Å². The summed E-state index contributed by atoms with van der Waals surface area (Å²) < 4.78 is 6.07. The number of hydrogen-bond acceptors (Lipinski definition) is 4. The highest BCUT2D eigenvalue weighted by molar-refractivity contribution is 9.10. The number of halogens is 1. The Labute approximate surface area is 191 Å². The number of carbonyl (C=O) groups excluding carboxylic acids is 2. The SMILES string of the molecule is O=C(/C=C1\C(=O)N(Cc2ccccc2)c2ccc(Br)cc21)c1cc2ccccc2oc1=O. The highest BCUT2D eigenvalue weighted by Crippen LogP contribution is 2.39. The predicted molar refractivity (Wildman–Crippen MR) is 127 cm³/mol. The summed E-state index contributed by atoms with van der Waals surface area (Å²) in [6.45, 7) is 0.373. The van der Waals surface area contributed by atoms with Gasteiger partial charge in [0.1, 0.15) is 11.1 Å². The number of benzene rings is 3. The number of rotatable bonds is 4. The maximum atomic E-state index is 13.3. The number of amides is 1. The van der Waals surface area contributed by atoms with Crippen LogP contribution in [0.4, 0.5) is 5.69 Å². The summed E-state index contributed by atoms with van der Waals surface area (Å²) in [5.41, 5.74) is 2.13. The molecule has 0 saturated carbocycles. The molecular formula is C26H16BrNO4. The van der Waals surface area contributed by atoms with Gasteiger partial charge in [0.2, 0.25) is 0 Å². The molecule has 0 fully saturated rings. The van der Waals surface area contributed by atoms with Gasteiger partial charge in [0.05, 0.1) is 17.8 Å². The van der Waals surface area contributed by atoms with Crippen LogP contribution in [0.5, 0.6) is 0 Å². The minimum absolute atomic E-state index is 0.109. The lowest BCUT2D eigenvalue weighted by molar-refractivity contribution is -0.113. The van der Waals surface area contributed by atoms with Crippen LogP contribution < -0.4 is 10.5 Å². The Morgan fingerprint density at radius 3 is 2.50 bits per heavy atom. The van der Waals surface area contributed by atoms with Crippen LogP contribution in [0.15, 0.2) is 98.6 Å². The van der Waals surface area contributed by atoms with E-state index in [1.807, 2.05) is 42.5 Å². The molecule has 2 heterocycles. The fourth-order valence-corrected chi connectivity index (χ4v) is 4.20. The van der Waals surface area contributed by atoms with Gasteiger partial charge < -0.3 is 9.32 Å². The van der Waals surface area contributed by atoms with Crippen molar-refractivity contribution < 1.29 is 14.0 Å². The van der Waals surface area contributed by atoms with Crippen LogP contribution in [0.2, 0.25) is 0 Å². The van der Waals surface area contributed by atoms with Gasteiger partial charge in [-0.1, -0.05) is 64.5 Å². The normalized spacial score (nSPS) is 14.2. The van der Waals surface area contributed by atoms with E-state index in [4.69, 9.17) is 4.42 Å². The summed E-state index contributed by atoms with van der Waals surface area (Å²) in [6, 6.07) is 23.6. The molecule has 3 aromatic carbocycles. The summed E-state index contributed by atoms with van der Waals surface area (Å²) in [4.78, 5) is 40.4. The second kappa shape index (κ2) is 8.05. The molecule has 32 heavy (non-hydrogen) atoms. The Hall–Kier alpha value is -3.77. The predicted octanol–water partition coefficient (Wildman–Crippen LogP) is 5.37. The van der Waals surface area contributed by atoms with Crippen molar-refractivity contribution in [3.8, 4) is 0 Å². The number of hydrogen-bond donors (Lipinski definition) is 0. The lowest BCUT2D eigenvalue weighted by Gasteiger charge is -2.17. The number of ketones is 1. The molecule has 0 saturated heterocycles. The van der Waals surface area contributed by atoms with E-state index in [1.54, 1.807) is 35.2 Å². The van der Waals surface area contributed by atoms with Gasteiger partial charge in [-0.05, 0) is 42.0 Å². The Bertz CT molecular complexity index is 1470. The summed E-state index contributed by atoms with van der Waals surface area (Å²) in [7, 11) is 0. The third kappa shape index (κ3) is 3.59. The minimum Gasteiger partial charge on any atom is -0.422 e. The molecule has 0 unspecified atom stereocenters. The second-order valence-corrected chi connectivity index (χ2v) is 8.36. The molecular weight excluding hydrogens is 470 g/mol. The zero-order valence-electron chi connectivity index (χ0n) is 16.7. The molecule has 0 bridgehead atoms. The topological polar surface area (TPSA) is 67.6 Å². The fraction of sp³-hybridized carbons (Fsp3) is 0.0385. The Morgan fingerprint density at radius 1 is 0.938 bits per heavy atom. The van der Waals surface area contributed by atoms with E-state index in [0.29, 0.717) is 28.8 Å². The Kier molecular flexibility index (Phi) is 5.07. The standard InChI is InChI=1S/C26H16BrNO4/c27-18-10-11-22-19(13-18)20(25(30)28(22)15-16-6-2-1-3-7-16)14-23(29)21-12-17-8-4-5-9-24(17)32-26(21)31/h1-14H,15H2/b20-14-. The van der Waals surface area contributed by atoms with E-state index in [2.05, 4.69) is 15.9 Å². The van der Waals surface area contributed by atoms with Gasteiger partial charge in [-0.15, -0.1) is 0 Å². The van der Waals surface area contributed by atoms with E-state index in [-0.39, 0.29) is 17.0 Å². The van der Waals surface area contributed by atoms with Gasteiger partial charge in [0.15, 0.2) is 5.78 Å². The molecule has 156 valence electrons. The van der Waals surface area contributed by atoms with Gasteiger partial charge in [-0.2, -0.15) is 0 Å². The molecule has 0 radical (unpaired) electrons. The molecule has 6 heteroatoms. The van der Waals surface area contributed by atoms with E-state index >= 15 is 0 Å². The molecule has 5 nitrogen and oxygen atoms in total. The average molecular weight is 486 g/mol. The number of fused-ring (bicyclic) bond motifs is 2. The Balaban J connectivity index is 1.58. The van der Waals surface area contributed by atoms with Crippen molar-refractivity contribution >= 4 is 49.9 Å². The van der Waals surface area contributed by atoms with Crippen molar-refractivity contribution in [3.63, 3.8) is 0 Å². The van der Waals surface area contributed by atoms with Gasteiger partial charge in [0.25, 0.3) is 5.91 Å². The summed E-state index contributed by atoms with van der Waals surface area (Å²) in [5, 5.41) is 0.639. The monoisotopic (exact) mass is 485 g/mol. The van der Waals surface area contributed by atoms with Crippen LogP contribution in [-0.4, -0.2) is 11.7 Å². The van der Waals surface area contributed by atoms with E-state index < -0.39 is 11.4 Å². The van der Waals surface area contributed by atoms with Gasteiger partial charge in [0, 0.05) is 15.4 Å². The molecule has 1 aliphatic heterocycles. The quantitative estimate of drug-likeness (QED) is 0.221. The molecule has 1 aromatic heterocycles. The molecule has 4 aromatic rings. The minimum atomic E-state index is -0.730. The van der Waals surface area contributed by atoms with Crippen LogP contribution in [-0.2, 0) is 11.3 Å². The van der Waals surface area contributed by atoms with Crippen LogP contribution in [0.3, 0.4) is 0 Å². The third-order valence-electron chi connectivity index (χ3n) is 5.38. The van der Waals surface area contributed by atoms with Crippen molar-refractivity contribution in [1.29, 1.82) is 0 Å². The number of para-hydroxylation sites is 1. The number of anilines is 1. The van der Waals surface area contributed by atoms with Crippen LogP contribution in [0.25, 0.3) is 16.5 Å². The highest BCUT2D eigenvalue weighted by Gasteiger charge is 2.33. The van der Waals surface area contributed by atoms with E-state index in [0.717, 1.165) is 10.0 Å². The first-order valence-corrected chi connectivity index (χ1v) is 10.8. The first-order chi connectivity index (χ1) is 15.5. The van der Waals surface area contributed by atoms with Gasteiger partial charge in [-0.25, -0.2) is 4.79 Å². The average Bonchev–Trinajstić information content (AvgIpc) is 3.04. The zero-order valence-corrected chi connectivity index (χ0v) is 18.3. The largest absolute Gasteiger partial charge is 0.422 e. The molecule has 0 atom stereocenters. The molecule has 0 aliphatic carbocycles. The lowest BCUT2D eigenvalue weighted by atomic mass is 10.0. The van der Waals surface area contributed by atoms with Crippen molar-refractivity contribution in [2.45, 2.75) is 6.54 Å². The maximum Gasteiger partial charge on any atom is 0.347 e. The number of allylic oxidation sites excluding steroid dienone is 1. The Morgan fingerprint density at radius 2 is 1.69 bits per heavy atom. The highest BCUT2D eigenvalue weighted by atomic mass is 79.9. The first-order valence-electron chi connectivity index (χ1n) is 9.96. The van der Waals surface area contributed by atoms with Crippen molar-refractivity contribution in [1.82, 2.24) is 0 Å². The van der Waals surface area contributed by atoms with Crippen molar-refractivity contribution in [3.05, 3.63) is 117 Å². The van der Waals surface area contributed by atoms with E-state index in [9.17, 15) is 14.4 Å². The molecule has 1 amide bonds. The molecule has 0 spiro atoms. The lowest BCUT2D eigenvalue weighted by Crippen LogP contribution is -2.26. The van der Waals surface area contributed by atoms with Crippen LogP contribution >= 0.6 is 15.9 Å². The van der Waals surface area contributed by atoms with Crippen molar-refractivity contribution in [2.24, 2.45) is 0 Å². The van der Waals surface area contributed by atoms with Gasteiger partial charge >= 0.3 is 5.63 Å². The summed E-state index contributed by atoms with van der Waals surface area (Å²) in [6.07, 6.45) is 1.24. The van der Waals surface area contributed by atoms with Gasteiger partial charge in [-0.3, -0.25) is 9.59 Å². The smallest absolute Gasteiger partial charge is 0.347 e. The maximum absolute atomic E-state index is 13.3. The third-order valence-corrected chi connectivity index (χ3v) is 5.87. The fourth-order valence-electron chi connectivity index (χ4n) is 3.83. The second-order valence-electron chi connectivity index (χ2n) is 7.45. The number of carbonyl (C=O) groups is 2. The van der Waals surface area contributed by atoms with Crippen LogP contribution in [0.1, 0.15) is 21.5 Å². The molecule has 0 N–H and O–H groups in total. The molecule has 1 aliphatic rings. The zero-order chi connectivity index (χ0) is 22.2. The van der Waals surface area contributed by atoms with Crippen molar-refractivity contribution in [2.75, 3.05) is 4.90 Å². The van der Waals surface area contributed by atoms with E-state index in [1.165, 1.54) is 12.1 Å². The summed E-state index contributed by atoms with van der Waals surface area (Å²) in [5.74, 6) is -0.860. The first kappa shape index (κ1) is 20.2. The summed E-state index contributed by atoms with van der Waals surface area (Å²) >= 11 is 3.44.